The first-order valence-corrected chi connectivity index (χ1v) is 4.43. The van der Waals surface area contributed by atoms with Crippen LogP contribution in [0.5, 0.6) is 0 Å². The van der Waals surface area contributed by atoms with Gasteiger partial charge in [0.1, 0.15) is 0 Å². The molecule has 0 bridgehead atoms. The van der Waals surface area contributed by atoms with Crippen LogP contribution in [0, 0.1) is 20.8 Å². The van der Waals surface area contributed by atoms with Crippen LogP contribution in [-0.2, 0) is 0 Å². The number of aryl methyl sites for hydroxylation is 1. The number of benzene rings is 1. The number of carboxylic acids is 2. The van der Waals surface area contributed by atoms with Gasteiger partial charge in [0.15, 0.2) is 0 Å². The highest BCUT2D eigenvalue weighted by molar-refractivity contribution is 5.96. The van der Waals surface area contributed by atoms with E-state index in [1.54, 1.807) is 20.8 Å². The van der Waals surface area contributed by atoms with Gasteiger partial charge in [-0.2, -0.15) is 0 Å². The number of carboxylic acid groups (broad SMARTS) is 2. The molecule has 4 heteroatoms. The fraction of sp³-hybridized carbons (Fsp3) is 0.273. The topological polar surface area (TPSA) is 74.6 Å². The SMILES string of the molecule is Cc1cc(C(=O)O)c(C)c(C)c1C(=O)O. The van der Waals surface area contributed by atoms with Crippen molar-refractivity contribution in [1.29, 1.82) is 0 Å². The molecule has 0 amide bonds. The minimum atomic E-state index is -1.03. The first kappa shape index (κ1) is 11.2. The van der Waals surface area contributed by atoms with Gasteiger partial charge in [-0.05, 0) is 43.5 Å². The molecular weight excluding hydrogens is 196 g/mol. The van der Waals surface area contributed by atoms with Gasteiger partial charge in [-0.15, -0.1) is 0 Å². The van der Waals surface area contributed by atoms with Gasteiger partial charge in [0, 0.05) is 0 Å². The van der Waals surface area contributed by atoms with Crippen molar-refractivity contribution < 1.29 is 19.8 Å². The molecule has 0 saturated heterocycles. The number of rotatable bonds is 2. The summed E-state index contributed by atoms with van der Waals surface area (Å²) in [6.45, 7) is 4.84. The smallest absolute Gasteiger partial charge is 0.336 e. The Kier molecular flexibility index (Phi) is 2.79. The lowest BCUT2D eigenvalue weighted by Gasteiger charge is -2.11. The molecule has 0 aliphatic rings. The van der Waals surface area contributed by atoms with Crippen molar-refractivity contribution in [3.05, 3.63) is 33.9 Å². The summed E-state index contributed by atoms with van der Waals surface area (Å²) < 4.78 is 0. The Morgan fingerprint density at radius 2 is 1.53 bits per heavy atom. The summed E-state index contributed by atoms with van der Waals surface area (Å²) in [4.78, 5) is 21.8. The molecule has 0 fully saturated rings. The van der Waals surface area contributed by atoms with Crippen molar-refractivity contribution in [3.8, 4) is 0 Å². The van der Waals surface area contributed by atoms with Gasteiger partial charge >= 0.3 is 11.9 Å². The van der Waals surface area contributed by atoms with Gasteiger partial charge in [-0.25, -0.2) is 9.59 Å². The highest BCUT2D eigenvalue weighted by Gasteiger charge is 2.18. The molecule has 4 nitrogen and oxygen atoms in total. The fourth-order valence-corrected chi connectivity index (χ4v) is 1.63. The van der Waals surface area contributed by atoms with Crippen molar-refractivity contribution in [3.63, 3.8) is 0 Å². The zero-order valence-electron chi connectivity index (χ0n) is 8.79. The molecule has 2 N–H and O–H groups in total. The monoisotopic (exact) mass is 208 g/mol. The second kappa shape index (κ2) is 3.73. The third-order valence-electron chi connectivity index (χ3n) is 2.54. The predicted octanol–water partition coefficient (Wildman–Crippen LogP) is 2.01. The molecule has 0 atom stereocenters. The molecule has 1 rings (SSSR count). The molecule has 0 aliphatic heterocycles. The molecule has 0 aromatic heterocycles. The van der Waals surface area contributed by atoms with Crippen LogP contribution in [0.4, 0.5) is 0 Å². The van der Waals surface area contributed by atoms with Gasteiger partial charge in [0.2, 0.25) is 0 Å². The van der Waals surface area contributed by atoms with E-state index in [9.17, 15) is 9.59 Å². The van der Waals surface area contributed by atoms with Crippen LogP contribution >= 0.6 is 0 Å². The largest absolute Gasteiger partial charge is 0.478 e. The Labute approximate surface area is 87.2 Å². The average Bonchev–Trinajstić information content (AvgIpc) is 2.10. The number of aromatic carboxylic acids is 2. The van der Waals surface area contributed by atoms with E-state index in [1.807, 2.05) is 0 Å². The summed E-state index contributed by atoms with van der Waals surface area (Å²) in [6, 6.07) is 1.40. The maximum atomic E-state index is 10.9. The van der Waals surface area contributed by atoms with Crippen LogP contribution in [0.1, 0.15) is 37.4 Å². The van der Waals surface area contributed by atoms with Crippen LogP contribution in [0.3, 0.4) is 0 Å². The lowest BCUT2D eigenvalue weighted by Crippen LogP contribution is -2.09. The molecule has 0 unspecified atom stereocenters. The second-order valence-electron chi connectivity index (χ2n) is 3.48. The molecule has 80 valence electrons. The molecule has 1 aromatic carbocycles. The van der Waals surface area contributed by atoms with E-state index in [4.69, 9.17) is 10.2 Å². The Bertz CT molecular complexity index is 446. The minimum Gasteiger partial charge on any atom is -0.478 e. The summed E-state index contributed by atoms with van der Waals surface area (Å²) in [5, 5.41) is 17.8. The second-order valence-corrected chi connectivity index (χ2v) is 3.48. The average molecular weight is 208 g/mol. The Morgan fingerprint density at radius 1 is 1.00 bits per heavy atom. The summed E-state index contributed by atoms with van der Waals surface area (Å²) >= 11 is 0. The van der Waals surface area contributed by atoms with Gasteiger partial charge in [-0.3, -0.25) is 0 Å². The molecule has 0 heterocycles. The normalized spacial score (nSPS) is 10.1. The van der Waals surface area contributed by atoms with E-state index in [0.717, 1.165) is 0 Å². The quantitative estimate of drug-likeness (QED) is 0.779. The third kappa shape index (κ3) is 1.83. The van der Waals surface area contributed by atoms with E-state index in [1.165, 1.54) is 6.07 Å². The molecule has 0 saturated carbocycles. The molecule has 0 radical (unpaired) electrons. The summed E-state index contributed by atoms with van der Waals surface area (Å²) in [7, 11) is 0. The van der Waals surface area contributed by atoms with Crippen molar-refractivity contribution in [2.24, 2.45) is 0 Å². The van der Waals surface area contributed by atoms with Gasteiger partial charge < -0.3 is 10.2 Å². The van der Waals surface area contributed by atoms with Crippen LogP contribution < -0.4 is 0 Å². The van der Waals surface area contributed by atoms with Crippen molar-refractivity contribution in [2.75, 3.05) is 0 Å². The Hall–Kier alpha value is -1.84. The standard InChI is InChI=1S/C11H12O4/c1-5-4-8(10(12)13)6(2)7(3)9(5)11(14)15/h4H,1-3H3,(H,12,13)(H,14,15). The van der Waals surface area contributed by atoms with Crippen molar-refractivity contribution in [1.82, 2.24) is 0 Å². The Balaban J connectivity index is 3.58. The van der Waals surface area contributed by atoms with E-state index in [0.29, 0.717) is 16.7 Å². The lowest BCUT2D eigenvalue weighted by molar-refractivity contribution is 0.0679. The highest BCUT2D eigenvalue weighted by Crippen LogP contribution is 2.22. The van der Waals surface area contributed by atoms with E-state index in [2.05, 4.69) is 0 Å². The first-order valence-electron chi connectivity index (χ1n) is 4.43. The highest BCUT2D eigenvalue weighted by atomic mass is 16.4. The maximum absolute atomic E-state index is 10.9. The molecule has 1 aromatic rings. The zero-order chi connectivity index (χ0) is 11.7. The van der Waals surface area contributed by atoms with Crippen LogP contribution in [0.2, 0.25) is 0 Å². The van der Waals surface area contributed by atoms with Crippen molar-refractivity contribution in [2.45, 2.75) is 20.8 Å². The third-order valence-corrected chi connectivity index (χ3v) is 2.54. The van der Waals surface area contributed by atoms with Crippen LogP contribution in [-0.4, -0.2) is 22.2 Å². The number of hydrogen-bond acceptors (Lipinski definition) is 2. The number of carbonyl (C=O) groups is 2. The fourth-order valence-electron chi connectivity index (χ4n) is 1.63. The predicted molar refractivity (Wildman–Crippen MR) is 54.6 cm³/mol. The minimum absolute atomic E-state index is 0.162. The van der Waals surface area contributed by atoms with E-state index < -0.39 is 11.9 Å². The maximum Gasteiger partial charge on any atom is 0.336 e. The van der Waals surface area contributed by atoms with Crippen LogP contribution in [0.15, 0.2) is 6.07 Å². The molecular formula is C11H12O4. The van der Waals surface area contributed by atoms with E-state index in [-0.39, 0.29) is 11.1 Å². The number of hydrogen-bond donors (Lipinski definition) is 2. The van der Waals surface area contributed by atoms with Crippen LogP contribution in [0.25, 0.3) is 0 Å². The molecule has 0 spiro atoms. The Morgan fingerprint density at radius 3 is 1.93 bits per heavy atom. The van der Waals surface area contributed by atoms with E-state index >= 15 is 0 Å². The lowest BCUT2D eigenvalue weighted by atomic mass is 9.94. The summed E-state index contributed by atoms with van der Waals surface area (Å²) in [6.07, 6.45) is 0. The van der Waals surface area contributed by atoms with Gasteiger partial charge in [0.25, 0.3) is 0 Å². The first-order chi connectivity index (χ1) is 6.86. The summed E-state index contributed by atoms with van der Waals surface area (Å²) in [5.74, 6) is -2.05. The molecule has 0 aliphatic carbocycles. The summed E-state index contributed by atoms with van der Waals surface area (Å²) in [5.41, 5.74) is 1.85. The zero-order valence-corrected chi connectivity index (χ0v) is 8.79. The molecule has 15 heavy (non-hydrogen) atoms. The van der Waals surface area contributed by atoms with Gasteiger partial charge in [0.05, 0.1) is 11.1 Å². The van der Waals surface area contributed by atoms with Gasteiger partial charge in [-0.1, -0.05) is 0 Å². The van der Waals surface area contributed by atoms with Crippen molar-refractivity contribution >= 4 is 11.9 Å².